The van der Waals surface area contributed by atoms with Crippen molar-refractivity contribution in [1.29, 1.82) is 0 Å². The lowest BCUT2D eigenvalue weighted by Crippen LogP contribution is -2.42. The van der Waals surface area contributed by atoms with Crippen LogP contribution in [0.25, 0.3) is 0 Å². The maximum atomic E-state index is 5.92. The highest BCUT2D eigenvalue weighted by atomic mass is 32.2. The molecule has 1 aliphatic heterocycles. The van der Waals surface area contributed by atoms with Gasteiger partial charge in [-0.25, -0.2) is 0 Å². The van der Waals surface area contributed by atoms with Gasteiger partial charge in [0.2, 0.25) is 0 Å². The Hall–Kier alpha value is -0.420. The molecule has 0 bridgehead atoms. The lowest BCUT2D eigenvalue weighted by atomic mass is 10.4. The average molecular weight is 230 g/mol. The molecule has 15 heavy (non-hydrogen) atoms. The second-order valence-electron chi connectivity index (χ2n) is 4.00. The molecule has 0 aromatic heterocycles. The Balaban J connectivity index is 2.19. The first kappa shape index (κ1) is 12.6. The summed E-state index contributed by atoms with van der Waals surface area (Å²) in [7, 11) is 4.16. The Morgan fingerprint density at radius 3 is 2.67 bits per heavy atom. The fourth-order valence-corrected chi connectivity index (χ4v) is 2.38. The van der Waals surface area contributed by atoms with E-state index in [2.05, 4.69) is 28.9 Å². The number of nitrogens with zero attached hydrogens (tertiary/aromatic N) is 3. The van der Waals surface area contributed by atoms with Gasteiger partial charge in [-0.05, 0) is 27.1 Å². The van der Waals surface area contributed by atoms with E-state index in [0.29, 0.717) is 0 Å². The normalized spacial score (nSPS) is 18.6. The molecule has 0 radical (unpaired) electrons. The summed E-state index contributed by atoms with van der Waals surface area (Å²) in [6.07, 6.45) is 1.08. The van der Waals surface area contributed by atoms with Gasteiger partial charge in [0.05, 0.1) is 0 Å². The molecule has 0 aromatic carbocycles. The highest BCUT2D eigenvalue weighted by Gasteiger charge is 2.11. The van der Waals surface area contributed by atoms with Crippen LogP contribution in [-0.4, -0.2) is 67.5 Å². The van der Waals surface area contributed by atoms with Crippen LogP contribution in [-0.2, 0) is 0 Å². The van der Waals surface area contributed by atoms with Gasteiger partial charge >= 0.3 is 0 Å². The second-order valence-corrected chi connectivity index (χ2v) is 5.22. The van der Waals surface area contributed by atoms with Crippen molar-refractivity contribution in [1.82, 2.24) is 9.80 Å². The molecule has 2 N–H and O–H groups in total. The molecule has 1 heterocycles. The molecule has 1 rings (SSSR count). The average Bonchev–Trinajstić information content (AvgIpc) is 2.25. The Morgan fingerprint density at radius 1 is 1.40 bits per heavy atom. The fraction of sp³-hybridized carbons (Fsp3) is 0.900. The number of rotatable bonds is 4. The van der Waals surface area contributed by atoms with Crippen LogP contribution in [0, 0.1) is 0 Å². The van der Waals surface area contributed by atoms with Crippen LogP contribution >= 0.6 is 11.8 Å². The zero-order valence-electron chi connectivity index (χ0n) is 9.78. The quantitative estimate of drug-likeness (QED) is 0.429. The number of thioether (sulfide) groups is 1. The van der Waals surface area contributed by atoms with Gasteiger partial charge in [-0.3, -0.25) is 4.99 Å². The van der Waals surface area contributed by atoms with Crippen molar-refractivity contribution in [2.45, 2.75) is 6.42 Å². The molecule has 0 aromatic rings. The molecule has 5 heteroatoms. The molecule has 1 fully saturated rings. The number of aliphatic imine (C=N–C) groups is 1. The lowest BCUT2D eigenvalue weighted by Gasteiger charge is -2.27. The first-order chi connectivity index (χ1) is 7.20. The van der Waals surface area contributed by atoms with Crippen LogP contribution in [0.5, 0.6) is 0 Å². The standard InChI is InChI=1S/C10H22N4S/c1-13(2)5-3-4-12-10(11)14-6-8-15-9-7-14/h3-9H2,1-2H3,(H2,11,12). The van der Waals surface area contributed by atoms with Gasteiger partial charge in [0.15, 0.2) is 5.96 Å². The molecule has 0 aliphatic carbocycles. The molecule has 0 atom stereocenters. The minimum atomic E-state index is 0.731. The number of hydrogen-bond donors (Lipinski definition) is 1. The van der Waals surface area contributed by atoms with Crippen molar-refractivity contribution in [2.24, 2.45) is 10.7 Å². The van der Waals surface area contributed by atoms with Crippen LogP contribution in [0.2, 0.25) is 0 Å². The summed E-state index contributed by atoms with van der Waals surface area (Å²) < 4.78 is 0. The molecule has 1 saturated heterocycles. The van der Waals surface area contributed by atoms with Gasteiger partial charge in [-0.15, -0.1) is 0 Å². The third-order valence-corrected chi connectivity index (χ3v) is 3.31. The van der Waals surface area contributed by atoms with Crippen LogP contribution in [0.3, 0.4) is 0 Å². The van der Waals surface area contributed by atoms with Crippen molar-refractivity contribution in [2.75, 3.05) is 51.8 Å². The summed E-state index contributed by atoms with van der Waals surface area (Å²) in [5, 5.41) is 0. The van der Waals surface area contributed by atoms with E-state index < -0.39 is 0 Å². The predicted molar refractivity (Wildman–Crippen MR) is 68.6 cm³/mol. The third kappa shape index (κ3) is 5.28. The summed E-state index contributed by atoms with van der Waals surface area (Å²) in [6.45, 7) is 4.02. The van der Waals surface area contributed by atoms with Gasteiger partial charge in [0, 0.05) is 31.1 Å². The number of hydrogen-bond acceptors (Lipinski definition) is 3. The molecule has 0 spiro atoms. The van der Waals surface area contributed by atoms with Crippen molar-refractivity contribution >= 4 is 17.7 Å². The van der Waals surface area contributed by atoms with E-state index in [0.717, 1.165) is 38.6 Å². The van der Waals surface area contributed by atoms with Crippen molar-refractivity contribution in [3.05, 3.63) is 0 Å². The second kappa shape index (κ2) is 6.95. The van der Waals surface area contributed by atoms with E-state index in [1.54, 1.807) is 0 Å². The predicted octanol–water partition coefficient (Wildman–Crippen LogP) is 0.302. The van der Waals surface area contributed by atoms with Crippen LogP contribution < -0.4 is 5.73 Å². The van der Waals surface area contributed by atoms with E-state index in [4.69, 9.17) is 5.73 Å². The first-order valence-electron chi connectivity index (χ1n) is 5.47. The van der Waals surface area contributed by atoms with E-state index in [1.165, 1.54) is 11.5 Å². The summed E-state index contributed by atoms with van der Waals surface area (Å²) in [4.78, 5) is 8.76. The van der Waals surface area contributed by atoms with Gasteiger partial charge < -0.3 is 15.5 Å². The first-order valence-corrected chi connectivity index (χ1v) is 6.63. The van der Waals surface area contributed by atoms with Gasteiger partial charge in [0.1, 0.15) is 0 Å². The summed E-state index contributed by atoms with van der Waals surface area (Å²) in [5.41, 5.74) is 5.92. The van der Waals surface area contributed by atoms with Gasteiger partial charge in [-0.2, -0.15) is 11.8 Å². The Bertz CT molecular complexity index is 200. The monoisotopic (exact) mass is 230 g/mol. The Labute approximate surface area is 96.9 Å². The minimum absolute atomic E-state index is 0.731. The molecule has 0 unspecified atom stereocenters. The smallest absolute Gasteiger partial charge is 0.191 e. The van der Waals surface area contributed by atoms with E-state index in [-0.39, 0.29) is 0 Å². The molecule has 88 valence electrons. The topological polar surface area (TPSA) is 44.9 Å². The van der Waals surface area contributed by atoms with Gasteiger partial charge in [-0.1, -0.05) is 0 Å². The SMILES string of the molecule is CN(C)CCCN=C(N)N1CCSCC1. The van der Waals surface area contributed by atoms with Crippen LogP contribution in [0.15, 0.2) is 4.99 Å². The maximum Gasteiger partial charge on any atom is 0.191 e. The summed E-state index contributed by atoms with van der Waals surface area (Å²) in [6, 6.07) is 0. The minimum Gasteiger partial charge on any atom is -0.370 e. The summed E-state index contributed by atoms with van der Waals surface area (Å²) in [5.74, 6) is 3.08. The van der Waals surface area contributed by atoms with Crippen LogP contribution in [0.1, 0.15) is 6.42 Å². The zero-order chi connectivity index (χ0) is 11.1. The molecule has 0 saturated carbocycles. The highest BCUT2D eigenvalue weighted by Crippen LogP contribution is 2.08. The zero-order valence-corrected chi connectivity index (χ0v) is 10.6. The molecular weight excluding hydrogens is 208 g/mol. The van der Waals surface area contributed by atoms with E-state index in [1.807, 2.05) is 11.8 Å². The van der Waals surface area contributed by atoms with Gasteiger partial charge in [0.25, 0.3) is 0 Å². The molecular formula is C10H22N4S. The van der Waals surface area contributed by atoms with Crippen molar-refractivity contribution in [3.63, 3.8) is 0 Å². The van der Waals surface area contributed by atoms with Crippen molar-refractivity contribution < 1.29 is 0 Å². The maximum absolute atomic E-state index is 5.92. The Morgan fingerprint density at radius 2 is 2.07 bits per heavy atom. The van der Waals surface area contributed by atoms with Crippen LogP contribution in [0.4, 0.5) is 0 Å². The fourth-order valence-electron chi connectivity index (χ4n) is 1.47. The molecule has 4 nitrogen and oxygen atoms in total. The third-order valence-electron chi connectivity index (χ3n) is 2.37. The van der Waals surface area contributed by atoms with E-state index in [9.17, 15) is 0 Å². The van der Waals surface area contributed by atoms with E-state index >= 15 is 0 Å². The molecule has 0 amide bonds. The largest absolute Gasteiger partial charge is 0.370 e. The summed E-state index contributed by atoms with van der Waals surface area (Å²) >= 11 is 1.99. The number of nitrogens with two attached hydrogens (primary N) is 1. The lowest BCUT2D eigenvalue weighted by molar-refractivity contribution is 0.401. The molecule has 1 aliphatic rings. The van der Waals surface area contributed by atoms with Crippen molar-refractivity contribution in [3.8, 4) is 0 Å². The Kier molecular flexibility index (Phi) is 5.86. The number of guanidine groups is 1. The highest BCUT2D eigenvalue weighted by molar-refractivity contribution is 7.99.